The molecular formula is C17H15N3O4. The van der Waals surface area contributed by atoms with E-state index in [1.165, 1.54) is 0 Å². The number of aromatic nitrogens is 2. The molecule has 2 N–H and O–H groups in total. The van der Waals surface area contributed by atoms with Crippen molar-refractivity contribution >= 4 is 5.91 Å². The highest BCUT2D eigenvalue weighted by atomic mass is 16.5. The molecule has 0 aliphatic carbocycles. The molecule has 3 aromatic rings. The van der Waals surface area contributed by atoms with Crippen LogP contribution in [0.3, 0.4) is 0 Å². The maximum atomic E-state index is 10.7. The fourth-order valence-electron chi connectivity index (χ4n) is 2.07. The molecule has 0 atom stereocenters. The lowest BCUT2D eigenvalue weighted by molar-refractivity contribution is -0.119. The maximum Gasteiger partial charge on any atom is 0.258 e. The number of carbonyl (C=O) groups is 1. The molecule has 1 amide bonds. The van der Waals surface area contributed by atoms with E-state index in [4.69, 9.17) is 19.7 Å². The maximum absolute atomic E-state index is 10.7. The van der Waals surface area contributed by atoms with E-state index in [9.17, 15) is 4.79 Å². The molecule has 1 heterocycles. The lowest BCUT2D eigenvalue weighted by Gasteiger charge is -2.03. The first-order valence-electron chi connectivity index (χ1n) is 7.15. The minimum atomic E-state index is -0.528. The summed E-state index contributed by atoms with van der Waals surface area (Å²) in [4.78, 5) is 15.1. The number of nitrogens with zero attached hydrogens (tertiary/aromatic N) is 2. The molecule has 0 unspecified atom stereocenters. The summed E-state index contributed by atoms with van der Waals surface area (Å²) < 4.78 is 15.7. The minimum Gasteiger partial charge on any atom is -0.497 e. The van der Waals surface area contributed by atoms with Crippen LogP contribution in [0.25, 0.3) is 22.8 Å². The van der Waals surface area contributed by atoms with Crippen LogP contribution in [-0.2, 0) is 4.79 Å². The van der Waals surface area contributed by atoms with Gasteiger partial charge in [-0.05, 0) is 42.5 Å². The van der Waals surface area contributed by atoms with Crippen molar-refractivity contribution in [2.24, 2.45) is 5.73 Å². The number of carbonyl (C=O) groups excluding carboxylic acids is 1. The molecule has 0 aliphatic heterocycles. The SMILES string of the molecule is COc1cccc(-c2nc(-c3ccc(OCC(N)=O)cc3)no2)c1. The fraction of sp³-hybridized carbons (Fsp3) is 0.118. The van der Waals surface area contributed by atoms with Crippen LogP contribution >= 0.6 is 0 Å². The summed E-state index contributed by atoms with van der Waals surface area (Å²) in [6.45, 7) is -0.165. The average Bonchev–Trinajstić information content (AvgIpc) is 3.10. The van der Waals surface area contributed by atoms with Crippen LogP contribution in [0.2, 0.25) is 0 Å². The summed E-state index contributed by atoms with van der Waals surface area (Å²) >= 11 is 0. The van der Waals surface area contributed by atoms with Crippen molar-refractivity contribution in [2.75, 3.05) is 13.7 Å². The van der Waals surface area contributed by atoms with Gasteiger partial charge >= 0.3 is 0 Å². The number of amides is 1. The number of ether oxygens (including phenoxy) is 2. The predicted octanol–water partition coefficient (Wildman–Crippen LogP) is 2.28. The van der Waals surface area contributed by atoms with Gasteiger partial charge in [0.25, 0.3) is 11.8 Å². The topological polar surface area (TPSA) is 100 Å². The number of hydrogen-bond donors (Lipinski definition) is 1. The molecule has 0 bridgehead atoms. The molecule has 0 saturated heterocycles. The standard InChI is InChI=1S/C17H15N3O4/c1-22-14-4-2-3-12(9-14)17-19-16(20-24-17)11-5-7-13(8-6-11)23-10-15(18)21/h2-9H,10H2,1H3,(H2,18,21). The summed E-state index contributed by atoms with van der Waals surface area (Å²) in [5, 5.41) is 3.98. The van der Waals surface area contributed by atoms with Crippen molar-refractivity contribution in [3.8, 4) is 34.3 Å². The summed E-state index contributed by atoms with van der Waals surface area (Å²) in [5.41, 5.74) is 6.57. The first-order valence-corrected chi connectivity index (χ1v) is 7.15. The Hall–Kier alpha value is -3.35. The van der Waals surface area contributed by atoms with Crippen LogP contribution in [0.15, 0.2) is 53.1 Å². The zero-order valence-electron chi connectivity index (χ0n) is 12.9. The van der Waals surface area contributed by atoms with E-state index >= 15 is 0 Å². The van der Waals surface area contributed by atoms with Crippen molar-refractivity contribution in [3.63, 3.8) is 0 Å². The number of nitrogens with two attached hydrogens (primary N) is 1. The highest BCUT2D eigenvalue weighted by Gasteiger charge is 2.11. The smallest absolute Gasteiger partial charge is 0.258 e. The quantitative estimate of drug-likeness (QED) is 0.746. The summed E-state index contributed by atoms with van der Waals surface area (Å²) in [6, 6.07) is 14.3. The zero-order chi connectivity index (χ0) is 16.9. The molecule has 122 valence electrons. The van der Waals surface area contributed by atoms with Crippen molar-refractivity contribution in [1.82, 2.24) is 10.1 Å². The Balaban J connectivity index is 1.78. The van der Waals surface area contributed by atoms with Gasteiger partial charge in [0.15, 0.2) is 6.61 Å². The van der Waals surface area contributed by atoms with E-state index in [2.05, 4.69) is 10.1 Å². The number of rotatable bonds is 6. The van der Waals surface area contributed by atoms with Crippen molar-refractivity contribution < 1.29 is 18.8 Å². The average molecular weight is 325 g/mol. The molecule has 0 aliphatic rings. The lowest BCUT2D eigenvalue weighted by atomic mass is 10.2. The van der Waals surface area contributed by atoms with Gasteiger partial charge in [-0.15, -0.1) is 0 Å². The summed E-state index contributed by atoms with van der Waals surface area (Å²) in [7, 11) is 1.60. The van der Waals surface area contributed by atoms with E-state index in [0.717, 1.165) is 11.1 Å². The second-order valence-corrected chi connectivity index (χ2v) is 4.93. The monoisotopic (exact) mass is 325 g/mol. The van der Waals surface area contributed by atoms with Crippen molar-refractivity contribution in [3.05, 3.63) is 48.5 Å². The van der Waals surface area contributed by atoms with Crippen molar-refractivity contribution in [1.29, 1.82) is 0 Å². The first kappa shape index (κ1) is 15.5. The van der Waals surface area contributed by atoms with Gasteiger partial charge in [-0.25, -0.2) is 0 Å². The molecular weight excluding hydrogens is 310 g/mol. The Labute approximate surface area is 138 Å². The van der Waals surface area contributed by atoms with E-state index in [-0.39, 0.29) is 6.61 Å². The van der Waals surface area contributed by atoms with Gasteiger partial charge in [-0.1, -0.05) is 11.2 Å². The molecule has 0 spiro atoms. The molecule has 3 rings (SSSR count). The minimum absolute atomic E-state index is 0.165. The molecule has 7 nitrogen and oxygen atoms in total. The Morgan fingerprint density at radius 3 is 2.62 bits per heavy atom. The van der Waals surface area contributed by atoms with Crippen LogP contribution in [0.5, 0.6) is 11.5 Å². The second kappa shape index (κ2) is 6.82. The van der Waals surface area contributed by atoms with Crippen molar-refractivity contribution in [2.45, 2.75) is 0 Å². The van der Waals surface area contributed by atoms with E-state index in [1.807, 2.05) is 24.3 Å². The lowest BCUT2D eigenvalue weighted by Crippen LogP contribution is -2.19. The normalized spacial score (nSPS) is 10.4. The number of methoxy groups -OCH3 is 1. The molecule has 0 saturated carbocycles. The Kier molecular flexibility index (Phi) is 4.42. The van der Waals surface area contributed by atoms with Gasteiger partial charge in [0.1, 0.15) is 11.5 Å². The van der Waals surface area contributed by atoms with Gasteiger partial charge < -0.3 is 19.7 Å². The van der Waals surface area contributed by atoms with Gasteiger partial charge in [0.2, 0.25) is 5.82 Å². The third-order valence-electron chi connectivity index (χ3n) is 3.24. The third-order valence-corrected chi connectivity index (χ3v) is 3.24. The van der Waals surface area contributed by atoms with E-state index < -0.39 is 5.91 Å². The highest BCUT2D eigenvalue weighted by Crippen LogP contribution is 2.26. The van der Waals surface area contributed by atoms with Crippen LogP contribution < -0.4 is 15.2 Å². The van der Waals surface area contributed by atoms with Crippen LogP contribution in [0.1, 0.15) is 0 Å². The van der Waals surface area contributed by atoms with Gasteiger partial charge in [-0.3, -0.25) is 4.79 Å². The van der Waals surface area contributed by atoms with Crippen LogP contribution in [-0.4, -0.2) is 29.8 Å². The third kappa shape index (κ3) is 3.52. The first-order chi connectivity index (χ1) is 11.7. The van der Waals surface area contributed by atoms with Crippen LogP contribution in [0, 0.1) is 0 Å². The van der Waals surface area contributed by atoms with Gasteiger partial charge in [-0.2, -0.15) is 4.98 Å². The predicted molar refractivity (Wildman–Crippen MR) is 86.4 cm³/mol. The summed E-state index contributed by atoms with van der Waals surface area (Å²) in [6.07, 6.45) is 0. The molecule has 7 heteroatoms. The second-order valence-electron chi connectivity index (χ2n) is 4.93. The molecule has 1 aromatic heterocycles. The van der Waals surface area contributed by atoms with Gasteiger partial charge in [0, 0.05) is 11.1 Å². The number of primary amides is 1. The zero-order valence-corrected chi connectivity index (χ0v) is 12.9. The summed E-state index contributed by atoms with van der Waals surface area (Å²) in [5.74, 6) is 1.57. The molecule has 2 aromatic carbocycles. The molecule has 0 fully saturated rings. The Morgan fingerprint density at radius 2 is 1.92 bits per heavy atom. The Morgan fingerprint density at radius 1 is 1.12 bits per heavy atom. The largest absolute Gasteiger partial charge is 0.497 e. The van der Waals surface area contributed by atoms with Gasteiger partial charge in [0.05, 0.1) is 7.11 Å². The van der Waals surface area contributed by atoms with Crippen LogP contribution in [0.4, 0.5) is 0 Å². The number of benzene rings is 2. The highest BCUT2D eigenvalue weighted by molar-refractivity contribution is 5.75. The Bertz CT molecular complexity index is 843. The molecule has 24 heavy (non-hydrogen) atoms. The fourth-order valence-corrected chi connectivity index (χ4v) is 2.07. The van der Waals surface area contributed by atoms with E-state index in [0.29, 0.717) is 23.2 Å². The number of hydrogen-bond acceptors (Lipinski definition) is 6. The van der Waals surface area contributed by atoms with E-state index in [1.54, 1.807) is 31.4 Å². The molecule has 0 radical (unpaired) electrons.